The normalized spacial score (nSPS) is 17.6. The van der Waals surface area contributed by atoms with Gasteiger partial charge in [-0.3, -0.25) is 9.48 Å². The first-order valence-corrected chi connectivity index (χ1v) is 8.74. The Morgan fingerprint density at radius 3 is 2.84 bits per heavy atom. The Morgan fingerprint density at radius 1 is 1.40 bits per heavy atom. The van der Waals surface area contributed by atoms with Gasteiger partial charge in [0.1, 0.15) is 5.69 Å². The molecule has 1 aliphatic rings. The van der Waals surface area contributed by atoms with E-state index in [9.17, 15) is 4.79 Å². The number of rotatable bonds is 4. The van der Waals surface area contributed by atoms with Crippen molar-refractivity contribution in [2.45, 2.75) is 19.9 Å². The van der Waals surface area contributed by atoms with Gasteiger partial charge in [0.05, 0.1) is 11.7 Å². The van der Waals surface area contributed by atoms with E-state index in [0.29, 0.717) is 23.9 Å². The molecule has 0 aliphatic carbocycles. The molecule has 1 aliphatic heterocycles. The molecule has 0 bridgehead atoms. The lowest BCUT2D eigenvalue weighted by Crippen LogP contribution is -2.50. The van der Waals surface area contributed by atoms with E-state index in [1.807, 2.05) is 50.1 Å². The fraction of sp³-hybridized carbons (Fsp3) is 0.444. The predicted octanol–water partition coefficient (Wildman–Crippen LogP) is 2.24. The lowest BCUT2D eigenvalue weighted by Gasteiger charge is -2.36. The van der Waals surface area contributed by atoms with Crippen LogP contribution in [0.25, 0.3) is 0 Å². The summed E-state index contributed by atoms with van der Waals surface area (Å²) < 4.78 is 7.55. The molecule has 1 aromatic heterocycles. The van der Waals surface area contributed by atoms with Crippen molar-refractivity contribution >= 4 is 17.5 Å². The maximum Gasteiger partial charge on any atom is 0.261 e. The van der Waals surface area contributed by atoms with Crippen LogP contribution in [0.5, 0.6) is 5.75 Å². The van der Waals surface area contributed by atoms with E-state index in [0.717, 1.165) is 23.5 Å². The van der Waals surface area contributed by atoms with Gasteiger partial charge in [-0.25, -0.2) is 0 Å². The molecule has 2 aromatic rings. The van der Waals surface area contributed by atoms with Gasteiger partial charge < -0.3 is 15.0 Å². The van der Waals surface area contributed by atoms with Crippen LogP contribution in [0.3, 0.4) is 0 Å². The van der Waals surface area contributed by atoms with Crippen molar-refractivity contribution in [2.24, 2.45) is 7.05 Å². The summed E-state index contributed by atoms with van der Waals surface area (Å²) in [5, 5.41) is 8.32. The molecule has 0 radical (unpaired) electrons. The average Bonchev–Trinajstić information content (AvgIpc) is 2.85. The number of nitrogens with zero attached hydrogens (tertiary/aromatic N) is 3. The standard InChI is InChI=1S/C18H23ClN4O2/c1-12-18(13(2)22(3)21-12)25-11-17(24)23-9-8-20-10-16(23)14-6-4-5-7-15(14)19/h4-7,16,20H,8-11H2,1-3H3. The van der Waals surface area contributed by atoms with Gasteiger partial charge in [0.2, 0.25) is 0 Å². The molecule has 6 nitrogen and oxygen atoms in total. The van der Waals surface area contributed by atoms with Gasteiger partial charge in [-0.1, -0.05) is 29.8 Å². The van der Waals surface area contributed by atoms with Gasteiger partial charge in [0.15, 0.2) is 12.4 Å². The minimum atomic E-state index is -0.0883. The van der Waals surface area contributed by atoms with Crippen molar-refractivity contribution in [1.29, 1.82) is 0 Å². The van der Waals surface area contributed by atoms with Crippen LogP contribution in [0.15, 0.2) is 24.3 Å². The Hall–Kier alpha value is -2.05. The summed E-state index contributed by atoms with van der Waals surface area (Å²) in [6, 6.07) is 7.57. The largest absolute Gasteiger partial charge is 0.480 e. The lowest BCUT2D eigenvalue weighted by molar-refractivity contribution is -0.136. The molecule has 1 saturated heterocycles. The third kappa shape index (κ3) is 3.65. The van der Waals surface area contributed by atoms with Crippen LogP contribution in [0.4, 0.5) is 0 Å². The van der Waals surface area contributed by atoms with Crippen molar-refractivity contribution in [3.05, 3.63) is 46.2 Å². The summed E-state index contributed by atoms with van der Waals surface area (Å²) in [4.78, 5) is 14.6. The SMILES string of the molecule is Cc1nn(C)c(C)c1OCC(=O)N1CCNCC1c1ccccc1Cl. The molecule has 0 spiro atoms. The van der Waals surface area contributed by atoms with Crippen LogP contribution in [0, 0.1) is 13.8 Å². The molecule has 134 valence electrons. The molecule has 1 fully saturated rings. The summed E-state index contributed by atoms with van der Waals surface area (Å²) in [6.45, 7) is 5.87. The van der Waals surface area contributed by atoms with Gasteiger partial charge in [0.25, 0.3) is 5.91 Å². The zero-order valence-electron chi connectivity index (χ0n) is 14.8. The minimum absolute atomic E-state index is 0.00563. The van der Waals surface area contributed by atoms with Crippen LogP contribution in [0.2, 0.25) is 5.02 Å². The topological polar surface area (TPSA) is 59.4 Å². The molecule has 1 unspecified atom stereocenters. The quantitative estimate of drug-likeness (QED) is 0.906. The Bertz CT molecular complexity index is 774. The number of aryl methyl sites for hydroxylation is 2. The van der Waals surface area contributed by atoms with E-state index in [-0.39, 0.29) is 18.6 Å². The fourth-order valence-corrected chi connectivity index (χ4v) is 3.47. The summed E-state index contributed by atoms with van der Waals surface area (Å²) in [5.74, 6) is 0.634. The number of ether oxygens (including phenoxy) is 1. The molecule has 1 N–H and O–H groups in total. The zero-order chi connectivity index (χ0) is 18.0. The minimum Gasteiger partial charge on any atom is -0.480 e. The maximum atomic E-state index is 12.8. The number of aromatic nitrogens is 2. The molecule has 1 atom stereocenters. The summed E-state index contributed by atoms with van der Waals surface area (Å²) in [6.07, 6.45) is 0. The Labute approximate surface area is 152 Å². The van der Waals surface area contributed by atoms with Crippen LogP contribution in [0.1, 0.15) is 23.0 Å². The number of hydrogen-bond donors (Lipinski definition) is 1. The second-order valence-electron chi connectivity index (χ2n) is 6.24. The first kappa shape index (κ1) is 17.8. The molecule has 2 heterocycles. The number of carbonyl (C=O) groups excluding carboxylic acids is 1. The van der Waals surface area contributed by atoms with Crippen LogP contribution >= 0.6 is 11.6 Å². The molecule has 7 heteroatoms. The number of amides is 1. The van der Waals surface area contributed by atoms with E-state index in [1.165, 1.54) is 0 Å². The Kier molecular flexibility index (Phi) is 5.30. The Balaban J connectivity index is 1.74. The molecular weight excluding hydrogens is 340 g/mol. The zero-order valence-corrected chi connectivity index (χ0v) is 15.5. The number of piperazine rings is 1. The van der Waals surface area contributed by atoms with Gasteiger partial charge in [-0.2, -0.15) is 5.10 Å². The Morgan fingerprint density at radius 2 is 2.16 bits per heavy atom. The average molecular weight is 363 g/mol. The number of benzene rings is 1. The van der Waals surface area contributed by atoms with Crippen LogP contribution < -0.4 is 10.1 Å². The number of halogens is 1. The van der Waals surface area contributed by atoms with Crippen molar-refractivity contribution < 1.29 is 9.53 Å². The van der Waals surface area contributed by atoms with E-state index >= 15 is 0 Å². The van der Waals surface area contributed by atoms with E-state index in [1.54, 1.807) is 4.68 Å². The van der Waals surface area contributed by atoms with E-state index < -0.39 is 0 Å². The highest BCUT2D eigenvalue weighted by Crippen LogP contribution is 2.29. The number of carbonyl (C=O) groups is 1. The van der Waals surface area contributed by atoms with Gasteiger partial charge in [-0.05, 0) is 25.5 Å². The summed E-state index contributed by atoms with van der Waals surface area (Å²) in [5.41, 5.74) is 2.66. The highest BCUT2D eigenvalue weighted by molar-refractivity contribution is 6.31. The molecule has 0 saturated carbocycles. The van der Waals surface area contributed by atoms with Crippen molar-refractivity contribution in [3.8, 4) is 5.75 Å². The second-order valence-corrected chi connectivity index (χ2v) is 6.65. The van der Waals surface area contributed by atoms with Gasteiger partial charge >= 0.3 is 0 Å². The van der Waals surface area contributed by atoms with Crippen LogP contribution in [-0.2, 0) is 11.8 Å². The fourth-order valence-electron chi connectivity index (χ4n) is 3.21. The maximum absolute atomic E-state index is 12.8. The first-order valence-electron chi connectivity index (χ1n) is 8.36. The van der Waals surface area contributed by atoms with Crippen LogP contribution in [-0.4, -0.2) is 46.8 Å². The third-order valence-corrected chi connectivity index (χ3v) is 4.95. The van der Waals surface area contributed by atoms with Gasteiger partial charge in [0, 0.05) is 31.7 Å². The molecule has 1 amide bonds. The van der Waals surface area contributed by atoms with Crippen molar-refractivity contribution in [3.63, 3.8) is 0 Å². The van der Waals surface area contributed by atoms with Crippen molar-refractivity contribution in [2.75, 3.05) is 26.2 Å². The van der Waals surface area contributed by atoms with E-state index in [2.05, 4.69) is 10.4 Å². The smallest absolute Gasteiger partial charge is 0.261 e. The highest BCUT2D eigenvalue weighted by atomic mass is 35.5. The molecule has 1 aromatic carbocycles. The molecule has 3 rings (SSSR count). The number of hydrogen-bond acceptors (Lipinski definition) is 4. The monoisotopic (exact) mass is 362 g/mol. The summed E-state index contributed by atoms with van der Waals surface area (Å²) >= 11 is 6.34. The van der Waals surface area contributed by atoms with E-state index in [4.69, 9.17) is 16.3 Å². The molecular formula is C18H23ClN4O2. The third-order valence-electron chi connectivity index (χ3n) is 4.61. The van der Waals surface area contributed by atoms with Gasteiger partial charge in [-0.15, -0.1) is 0 Å². The predicted molar refractivity (Wildman–Crippen MR) is 97.0 cm³/mol. The first-order chi connectivity index (χ1) is 12.0. The lowest BCUT2D eigenvalue weighted by atomic mass is 10.0. The van der Waals surface area contributed by atoms with Crippen molar-refractivity contribution in [1.82, 2.24) is 20.0 Å². The second kappa shape index (κ2) is 7.45. The number of nitrogens with one attached hydrogen (secondary N) is 1. The molecule has 25 heavy (non-hydrogen) atoms. The summed E-state index contributed by atoms with van der Waals surface area (Å²) in [7, 11) is 1.86. The highest BCUT2D eigenvalue weighted by Gasteiger charge is 2.29.